The largest absolute Gasteiger partial charge is 0.465 e. The third-order valence-electron chi connectivity index (χ3n) is 3.00. The highest BCUT2D eigenvalue weighted by molar-refractivity contribution is 6.43. The maximum atomic E-state index is 12.1. The molecule has 2 amide bonds. The Morgan fingerprint density at radius 1 is 1.33 bits per heavy atom. The Hall–Kier alpha value is -2.70. The van der Waals surface area contributed by atoms with Gasteiger partial charge in [-0.3, -0.25) is 9.59 Å². The molecule has 0 radical (unpaired) electrons. The van der Waals surface area contributed by atoms with Crippen molar-refractivity contribution in [2.24, 2.45) is 5.10 Å². The topological polar surface area (TPSA) is 96.9 Å². The highest BCUT2D eigenvalue weighted by Gasteiger charge is 2.20. The van der Waals surface area contributed by atoms with E-state index in [1.807, 2.05) is 6.92 Å². The zero-order valence-corrected chi connectivity index (χ0v) is 11.7. The van der Waals surface area contributed by atoms with Crippen molar-refractivity contribution < 1.29 is 19.1 Å². The molecule has 1 heterocycles. The average molecular weight is 289 g/mol. The number of amides is 2. The number of ether oxygens (including phenoxy) is 1. The van der Waals surface area contributed by atoms with E-state index in [-0.39, 0.29) is 30.0 Å². The molecular weight excluding hydrogens is 274 g/mol. The number of anilines is 1. The van der Waals surface area contributed by atoms with Gasteiger partial charge in [0.1, 0.15) is 5.71 Å². The quantitative estimate of drug-likeness (QED) is 0.811. The van der Waals surface area contributed by atoms with Crippen molar-refractivity contribution in [1.82, 2.24) is 5.43 Å². The van der Waals surface area contributed by atoms with Crippen molar-refractivity contribution in [2.75, 3.05) is 12.4 Å². The van der Waals surface area contributed by atoms with E-state index in [1.165, 1.54) is 7.11 Å². The minimum atomic E-state index is -0.534. The lowest BCUT2D eigenvalue weighted by atomic mass is 10.1. The normalized spacial score (nSPS) is 14.0. The Bertz CT molecular complexity index is 637. The second-order valence-electron chi connectivity index (χ2n) is 4.59. The van der Waals surface area contributed by atoms with E-state index in [9.17, 15) is 14.4 Å². The number of nitrogens with zero attached hydrogens (tertiary/aromatic N) is 1. The summed E-state index contributed by atoms with van der Waals surface area (Å²) in [6.07, 6.45) is 0.473. The molecule has 0 spiro atoms. The molecule has 21 heavy (non-hydrogen) atoms. The van der Waals surface area contributed by atoms with E-state index in [4.69, 9.17) is 4.74 Å². The zero-order valence-electron chi connectivity index (χ0n) is 11.7. The Morgan fingerprint density at radius 3 is 2.71 bits per heavy atom. The van der Waals surface area contributed by atoms with Gasteiger partial charge >= 0.3 is 5.97 Å². The molecule has 7 heteroatoms. The monoisotopic (exact) mass is 289 g/mol. The summed E-state index contributed by atoms with van der Waals surface area (Å²) in [6, 6.07) is 5.03. The first-order valence-electron chi connectivity index (χ1n) is 6.37. The first-order chi connectivity index (χ1) is 10.0. The third kappa shape index (κ3) is 3.44. The van der Waals surface area contributed by atoms with Crippen LogP contribution in [0.5, 0.6) is 0 Å². The Morgan fingerprint density at radius 2 is 2.10 bits per heavy atom. The van der Waals surface area contributed by atoms with Crippen LogP contribution < -0.4 is 10.7 Å². The molecule has 7 nitrogen and oxygen atoms in total. The van der Waals surface area contributed by atoms with E-state index in [2.05, 4.69) is 15.8 Å². The first kappa shape index (κ1) is 14.7. The van der Waals surface area contributed by atoms with Gasteiger partial charge in [-0.1, -0.05) is 11.6 Å². The molecule has 0 saturated carbocycles. The molecule has 2 N–H and O–H groups in total. The smallest absolute Gasteiger partial charge is 0.339 e. The van der Waals surface area contributed by atoms with Crippen molar-refractivity contribution in [3.63, 3.8) is 0 Å². The molecule has 1 aromatic rings. The maximum Gasteiger partial charge on any atom is 0.339 e. The van der Waals surface area contributed by atoms with Crippen molar-refractivity contribution in [3.8, 4) is 0 Å². The second-order valence-corrected chi connectivity index (χ2v) is 4.59. The SMILES string of the molecule is COC(=O)c1cc(C)ccc1NC(=O)C1=NNC(=O)CC1. The van der Waals surface area contributed by atoms with Crippen molar-refractivity contribution in [2.45, 2.75) is 19.8 Å². The van der Waals surface area contributed by atoms with Gasteiger partial charge in [0.15, 0.2) is 0 Å². The number of methoxy groups -OCH3 is 1. The molecule has 2 rings (SSSR count). The summed E-state index contributed by atoms with van der Waals surface area (Å²) in [5.74, 6) is -1.21. The second kappa shape index (κ2) is 6.17. The molecule has 110 valence electrons. The number of hydrogen-bond acceptors (Lipinski definition) is 5. The van der Waals surface area contributed by atoms with Crippen molar-refractivity contribution in [3.05, 3.63) is 29.3 Å². The Labute approximate surface area is 121 Å². The highest BCUT2D eigenvalue weighted by Crippen LogP contribution is 2.19. The van der Waals surface area contributed by atoms with Gasteiger partial charge in [-0.05, 0) is 19.1 Å². The van der Waals surface area contributed by atoms with Crippen LogP contribution in [-0.4, -0.2) is 30.6 Å². The highest BCUT2D eigenvalue weighted by atomic mass is 16.5. The van der Waals surface area contributed by atoms with Crippen LogP contribution in [0.1, 0.15) is 28.8 Å². The first-order valence-corrected chi connectivity index (χ1v) is 6.37. The molecule has 0 aliphatic carbocycles. The summed E-state index contributed by atoms with van der Waals surface area (Å²) in [4.78, 5) is 34.8. The fourth-order valence-corrected chi connectivity index (χ4v) is 1.88. The van der Waals surface area contributed by atoms with Crippen LogP contribution in [0.2, 0.25) is 0 Å². The molecule has 0 unspecified atom stereocenters. The van der Waals surface area contributed by atoms with Crippen LogP contribution in [0.3, 0.4) is 0 Å². The maximum absolute atomic E-state index is 12.1. The van der Waals surface area contributed by atoms with Gasteiger partial charge in [-0.2, -0.15) is 5.10 Å². The predicted octanol–water partition coefficient (Wildman–Crippen LogP) is 0.986. The average Bonchev–Trinajstić information content (AvgIpc) is 2.48. The zero-order chi connectivity index (χ0) is 15.4. The molecule has 0 atom stereocenters. The fourth-order valence-electron chi connectivity index (χ4n) is 1.88. The number of rotatable bonds is 3. The number of nitrogens with one attached hydrogen (secondary N) is 2. The minimum Gasteiger partial charge on any atom is -0.465 e. The van der Waals surface area contributed by atoms with Crippen LogP contribution in [0.15, 0.2) is 23.3 Å². The van der Waals surface area contributed by atoms with Crippen LogP contribution in [0, 0.1) is 6.92 Å². The van der Waals surface area contributed by atoms with Gasteiger partial charge in [0.25, 0.3) is 5.91 Å². The molecule has 1 aliphatic heterocycles. The molecule has 1 aliphatic rings. The van der Waals surface area contributed by atoms with Crippen LogP contribution in [0.25, 0.3) is 0 Å². The lowest BCUT2D eigenvalue weighted by Gasteiger charge is -2.14. The van der Waals surface area contributed by atoms with Gasteiger partial charge in [0.2, 0.25) is 5.91 Å². The molecular formula is C14H15N3O4. The standard InChI is InChI=1S/C14H15N3O4/c1-8-3-4-10(9(7-8)14(20)21-2)15-13(19)11-5-6-12(18)17-16-11/h3-4,7H,5-6H2,1-2H3,(H,15,19)(H,17,18). The van der Waals surface area contributed by atoms with E-state index in [1.54, 1.807) is 18.2 Å². The lowest BCUT2D eigenvalue weighted by Crippen LogP contribution is -2.33. The molecule has 1 aromatic carbocycles. The van der Waals surface area contributed by atoms with Gasteiger partial charge in [-0.25, -0.2) is 10.2 Å². The Kier molecular flexibility index (Phi) is 4.32. The number of hydrogen-bond donors (Lipinski definition) is 2. The van der Waals surface area contributed by atoms with Crippen LogP contribution >= 0.6 is 0 Å². The van der Waals surface area contributed by atoms with Gasteiger partial charge in [-0.15, -0.1) is 0 Å². The number of carbonyl (C=O) groups excluding carboxylic acids is 3. The van der Waals surface area contributed by atoms with Crippen LogP contribution in [-0.2, 0) is 14.3 Å². The van der Waals surface area contributed by atoms with Gasteiger partial charge < -0.3 is 10.1 Å². The van der Waals surface area contributed by atoms with Crippen LogP contribution in [0.4, 0.5) is 5.69 Å². The van der Waals surface area contributed by atoms with E-state index in [0.29, 0.717) is 5.69 Å². The summed E-state index contributed by atoms with van der Waals surface area (Å²) in [7, 11) is 1.27. The summed E-state index contributed by atoms with van der Waals surface area (Å²) in [5.41, 5.74) is 3.95. The molecule has 0 saturated heterocycles. The summed E-state index contributed by atoms with van der Waals surface area (Å²) >= 11 is 0. The number of esters is 1. The predicted molar refractivity (Wildman–Crippen MR) is 76.0 cm³/mol. The summed E-state index contributed by atoms with van der Waals surface area (Å²) in [6.45, 7) is 1.83. The lowest BCUT2D eigenvalue weighted by molar-refractivity contribution is -0.121. The van der Waals surface area contributed by atoms with Crippen molar-refractivity contribution in [1.29, 1.82) is 0 Å². The van der Waals surface area contributed by atoms with E-state index in [0.717, 1.165) is 5.56 Å². The number of hydrazone groups is 1. The minimum absolute atomic E-state index is 0.212. The summed E-state index contributed by atoms with van der Waals surface area (Å²) < 4.78 is 4.70. The summed E-state index contributed by atoms with van der Waals surface area (Å²) in [5, 5.41) is 6.32. The number of carbonyl (C=O) groups is 3. The Balaban J connectivity index is 2.21. The molecule has 0 aromatic heterocycles. The third-order valence-corrected chi connectivity index (χ3v) is 3.00. The fraction of sp³-hybridized carbons (Fsp3) is 0.286. The van der Waals surface area contributed by atoms with E-state index >= 15 is 0 Å². The molecule has 0 fully saturated rings. The van der Waals surface area contributed by atoms with Gasteiger partial charge in [0, 0.05) is 12.8 Å². The number of aryl methyl sites for hydroxylation is 1. The number of benzene rings is 1. The molecule has 0 bridgehead atoms. The van der Waals surface area contributed by atoms with Crippen molar-refractivity contribution >= 4 is 29.2 Å². The van der Waals surface area contributed by atoms with Gasteiger partial charge in [0.05, 0.1) is 18.4 Å². The van der Waals surface area contributed by atoms with E-state index < -0.39 is 11.9 Å².